The van der Waals surface area contributed by atoms with Crippen LogP contribution in [0.15, 0.2) is 9.85 Å². The summed E-state index contributed by atoms with van der Waals surface area (Å²) in [5.74, 6) is 0. The van der Waals surface area contributed by atoms with Crippen LogP contribution in [0.5, 0.6) is 0 Å². The van der Waals surface area contributed by atoms with Crippen molar-refractivity contribution in [2.45, 2.75) is 32.6 Å². The normalized spacial score (nSPS) is 12.1. The van der Waals surface area contributed by atoms with Gasteiger partial charge in [-0.05, 0) is 46.3 Å². The van der Waals surface area contributed by atoms with Crippen LogP contribution in [-0.4, -0.2) is 11.7 Å². The first kappa shape index (κ1) is 11.2. The minimum absolute atomic E-state index is 0.0847. The summed E-state index contributed by atoms with van der Waals surface area (Å²) in [5, 5.41) is 8.95. The number of hydrogen-bond acceptors (Lipinski definition) is 2. The molecule has 74 valence electrons. The van der Waals surface area contributed by atoms with E-state index in [9.17, 15) is 0 Å². The third-order valence-corrected chi connectivity index (χ3v) is 3.91. The summed E-state index contributed by atoms with van der Waals surface area (Å²) < 4.78 is 1.17. The van der Waals surface area contributed by atoms with Crippen molar-refractivity contribution in [3.05, 3.63) is 20.3 Å². The molecule has 1 rings (SSSR count). The predicted octanol–water partition coefficient (Wildman–Crippen LogP) is 3.48. The molecule has 0 spiro atoms. The number of hydrogen-bond donors (Lipinski definition) is 1. The van der Waals surface area contributed by atoms with Crippen molar-refractivity contribution in [2.24, 2.45) is 0 Å². The molecular weight excluding hydrogens is 248 g/mol. The Balaban J connectivity index is 2.98. The average Bonchev–Trinajstić information content (AvgIpc) is 2.30. The number of halogens is 1. The largest absolute Gasteiger partial charge is 0.396 e. The van der Waals surface area contributed by atoms with Crippen LogP contribution in [0, 0.1) is 6.92 Å². The lowest BCUT2D eigenvalue weighted by Crippen LogP contribution is -2.18. The molecule has 3 heteroatoms. The van der Waals surface area contributed by atoms with Crippen LogP contribution in [-0.2, 0) is 5.41 Å². The second kappa shape index (κ2) is 4.11. The summed E-state index contributed by atoms with van der Waals surface area (Å²) in [6, 6.07) is 2.16. The fourth-order valence-electron chi connectivity index (χ4n) is 1.53. The highest BCUT2D eigenvalue weighted by Crippen LogP contribution is 2.36. The average molecular weight is 263 g/mol. The van der Waals surface area contributed by atoms with Gasteiger partial charge in [-0.25, -0.2) is 0 Å². The van der Waals surface area contributed by atoms with Crippen molar-refractivity contribution in [2.75, 3.05) is 6.61 Å². The summed E-state index contributed by atoms with van der Waals surface area (Å²) in [4.78, 5) is 1.34. The van der Waals surface area contributed by atoms with Crippen molar-refractivity contribution < 1.29 is 5.11 Å². The van der Waals surface area contributed by atoms with E-state index in [2.05, 4.69) is 42.8 Å². The molecule has 1 aromatic heterocycles. The molecule has 0 saturated carbocycles. The highest BCUT2D eigenvalue weighted by molar-refractivity contribution is 9.11. The Morgan fingerprint density at radius 3 is 2.54 bits per heavy atom. The molecule has 1 aromatic rings. The Labute approximate surface area is 91.9 Å². The van der Waals surface area contributed by atoms with Gasteiger partial charge in [-0.2, -0.15) is 0 Å². The van der Waals surface area contributed by atoms with Gasteiger partial charge in [0, 0.05) is 11.5 Å². The number of thiophene rings is 1. The molecule has 0 aliphatic heterocycles. The topological polar surface area (TPSA) is 20.2 Å². The number of aliphatic hydroxyl groups is 1. The SMILES string of the molecule is Cc1sc(Br)cc1C(C)(C)CCO. The zero-order valence-electron chi connectivity index (χ0n) is 8.22. The summed E-state index contributed by atoms with van der Waals surface area (Å²) in [6.07, 6.45) is 0.816. The van der Waals surface area contributed by atoms with E-state index in [1.54, 1.807) is 11.3 Å². The van der Waals surface area contributed by atoms with E-state index in [4.69, 9.17) is 5.11 Å². The first-order valence-corrected chi connectivity index (χ1v) is 5.95. The maximum Gasteiger partial charge on any atom is 0.0704 e. The molecular formula is C10H15BrOS. The first-order valence-electron chi connectivity index (χ1n) is 4.34. The Bertz CT molecular complexity index is 291. The second-order valence-electron chi connectivity index (χ2n) is 3.88. The van der Waals surface area contributed by atoms with Crippen LogP contribution in [0.25, 0.3) is 0 Å². The van der Waals surface area contributed by atoms with Gasteiger partial charge in [-0.3, -0.25) is 0 Å². The maximum absolute atomic E-state index is 8.95. The van der Waals surface area contributed by atoms with E-state index < -0.39 is 0 Å². The number of aliphatic hydroxyl groups excluding tert-OH is 1. The number of rotatable bonds is 3. The molecule has 13 heavy (non-hydrogen) atoms. The van der Waals surface area contributed by atoms with Gasteiger partial charge in [0.2, 0.25) is 0 Å². The van der Waals surface area contributed by atoms with Crippen LogP contribution < -0.4 is 0 Å². The molecule has 1 N–H and O–H groups in total. The van der Waals surface area contributed by atoms with E-state index in [0.29, 0.717) is 0 Å². The highest BCUT2D eigenvalue weighted by Gasteiger charge is 2.23. The molecule has 0 aliphatic carbocycles. The zero-order valence-corrected chi connectivity index (χ0v) is 10.6. The van der Waals surface area contributed by atoms with E-state index in [-0.39, 0.29) is 12.0 Å². The van der Waals surface area contributed by atoms with E-state index in [1.807, 2.05) is 0 Å². The third-order valence-electron chi connectivity index (χ3n) is 2.35. The Morgan fingerprint density at radius 2 is 2.15 bits per heavy atom. The van der Waals surface area contributed by atoms with Crippen molar-refractivity contribution in [1.29, 1.82) is 0 Å². The molecule has 0 aliphatic rings. The third kappa shape index (κ3) is 2.55. The highest BCUT2D eigenvalue weighted by atomic mass is 79.9. The summed E-state index contributed by atoms with van der Waals surface area (Å²) >= 11 is 5.24. The Morgan fingerprint density at radius 1 is 1.54 bits per heavy atom. The lowest BCUT2D eigenvalue weighted by molar-refractivity contribution is 0.252. The van der Waals surface area contributed by atoms with Gasteiger partial charge in [0.15, 0.2) is 0 Å². The van der Waals surface area contributed by atoms with Crippen molar-refractivity contribution in [3.8, 4) is 0 Å². The molecule has 0 amide bonds. The molecule has 1 nitrogen and oxygen atoms in total. The molecule has 0 radical (unpaired) electrons. The Kier molecular flexibility index (Phi) is 3.55. The minimum Gasteiger partial charge on any atom is -0.396 e. The van der Waals surface area contributed by atoms with Crippen LogP contribution in [0.3, 0.4) is 0 Å². The molecule has 0 unspecified atom stereocenters. The van der Waals surface area contributed by atoms with Gasteiger partial charge in [0.1, 0.15) is 0 Å². The fraction of sp³-hybridized carbons (Fsp3) is 0.600. The second-order valence-corrected chi connectivity index (χ2v) is 6.51. The van der Waals surface area contributed by atoms with Crippen LogP contribution in [0.1, 0.15) is 30.7 Å². The molecule has 1 heterocycles. The minimum atomic E-state index is 0.0847. The van der Waals surface area contributed by atoms with Gasteiger partial charge in [-0.15, -0.1) is 11.3 Å². The van der Waals surface area contributed by atoms with Crippen LogP contribution in [0.4, 0.5) is 0 Å². The van der Waals surface area contributed by atoms with E-state index >= 15 is 0 Å². The lowest BCUT2D eigenvalue weighted by Gasteiger charge is -2.23. The summed E-state index contributed by atoms with van der Waals surface area (Å²) in [7, 11) is 0. The zero-order chi connectivity index (χ0) is 10.1. The van der Waals surface area contributed by atoms with Gasteiger partial charge in [-0.1, -0.05) is 13.8 Å². The van der Waals surface area contributed by atoms with Gasteiger partial charge >= 0.3 is 0 Å². The van der Waals surface area contributed by atoms with Gasteiger partial charge < -0.3 is 5.11 Å². The maximum atomic E-state index is 8.95. The monoisotopic (exact) mass is 262 g/mol. The molecule has 0 atom stereocenters. The molecule has 0 fully saturated rings. The van der Waals surface area contributed by atoms with Crippen LogP contribution in [0.2, 0.25) is 0 Å². The molecule has 0 bridgehead atoms. The van der Waals surface area contributed by atoms with E-state index in [0.717, 1.165) is 6.42 Å². The smallest absolute Gasteiger partial charge is 0.0704 e. The summed E-state index contributed by atoms with van der Waals surface area (Å²) in [5.41, 5.74) is 1.43. The summed E-state index contributed by atoms with van der Waals surface area (Å²) in [6.45, 7) is 6.72. The fourth-order valence-corrected chi connectivity index (χ4v) is 3.40. The predicted molar refractivity (Wildman–Crippen MR) is 61.5 cm³/mol. The van der Waals surface area contributed by atoms with Crippen molar-refractivity contribution in [1.82, 2.24) is 0 Å². The van der Waals surface area contributed by atoms with Gasteiger partial charge in [0.25, 0.3) is 0 Å². The number of aryl methyl sites for hydroxylation is 1. The quantitative estimate of drug-likeness (QED) is 0.885. The standard InChI is InChI=1S/C10H15BrOS/c1-7-8(6-9(11)13-7)10(2,3)4-5-12/h6,12H,4-5H2,1-3H3. The van der Waals surface area contributed by atoms with Gasteiger partial charge in [0.05, 0.1) is 3.79 Å². The van der Waals surface area contributed by atoms with Crippen molar-refractivity contribution in [3.63, 3.8) is 0 Å². The molecule has 0 saturated heterocycles. The molecule has 0 aromatic carbocycles. The Hall–Kier alpha value is 0.140. The van der Waals surface area contributed by atoms with Crippen LogP contribution >= 0.6 is 27.3 Å². The van der Waals surface area contributed by atoms with Crippen molar-refractivity contribution >= 4 is 27.3 Å². The lowest BCUT2D eigenvalue weighted by atomic mass is 9.82. The first-order chi connectivity index (χ1) is 5.97. The van der Waals surface area contributed by atoms with E-state index in [1.165, 1.54) is 14.2 Å².